The fraction of sp³-hybridized carbons (Fsp3) is 0.357. The molecule has 6 nitrogen and oxygen atoms in total. The Balaban J connectivity index is 2.18. The van der Waals surface area contributed by atoms with E-state index in [1.807, 2.05) is 31.2 Å². The molecule has 0 saturated carbocycles. The number of aromatic nitrogens is 3. The second kappa shape index (κ2) is 6.18. The molecule has 2 rings (SSSR count). The molecule has 0 spiro atoms. The number of nitrogens with one attached hydrogen (secondary N) is 2. The van der Waals surface area contributed by atoms with Crippen LogP contribution in [0, 0.1) is 6.92 Å². The standard InChI is InChI=1S/C14H18N4O2/c1-4-11(10-7-5-6-8-12(10)20-3)16-14(19)13-15-9(2)17-18-13/h5-8,11H,4H2,1-3H3,(H,16,19)(H,15,17,18). The lowest BCUT2D eigenvalue weighted by molar-refractivity contribution is 0.0925. The lowest BCUT2D eigenvalue weighted by Crippen LogP contribution is -2.29. The summed E-state index contributed by atoms with van der Waals surface area (Å²) < 4.78 is 5.33. The SMILES string of the molecule is CCC(NC(=O)c1n[nH]c(C)n1)c1ccccc1OC. The van der Waals surface area contributed by atoms with E-state index >= 15 is 0 Å². The van der Waals surface area contributed by atoms with Crippen molar-refractivity contribution in [3.05, 3.63) is 41.5 Å². The van der Waals surface area contributed by atoms with Gasteiger partial charge in [-0.25, -0.2) is 4.98 Å². The number of carbonyl (C=O) groups is 1. The predicted molar refractivity (Wildman–Crippen MR) is 74.6 cm³/mol. The van der Waals surface area contributed by atoms with Crippen LogP contribution in [0.2, 0.25) is 0 Å². The van der Waals surface area contributed by atoms with Crippen LogP contribution >= 0.6 is 0 Å². The van der Waals surface area contributed by atoms with Crippen molar-refractivity contribution in [1.82, 2.24) is 20.5 Å². The van der Waals surface area contributed by atoms with E-state index in [1.165, 1.54) is 0 Å². The zero-order chi connectivity index (χ0) is 14.5. The summed E-state index contributed by atoms with van der Waals surface area (Å²) in [7, 11) is 1.62. The van der Waals surface area contributed by atoms with Crippen LogP contribution in [-0.4, -0.2) is 28.2 Å². The number of ether oxygens (including phenoxy) is 1. The van der Waals surface area contributed by atoms with Crippen LogP contribution in [0.3, 0.4) is 0 Å². The molecule has 1 unspecified atom stereocenters. The molecule has 1 aromatic carbocycles. The van der Waals surface area contributed by atoms with Crippen LogP contribution < -0.4 is 10.1 Å². The van der Waals surface area contributed by atoms with Gasteiger partial charge in [-0.3, -0.25) is 9.89 Å². The normalized spacial score (nSPS) is 11.9. The maximum atomic E-state index is 12.1. The number of rotatable bonds is 5. The molecule has 6 heteroatoms. The molecule has 0 aliphatic rings. The van der Waals surface area contributed by atoms with Gasteiger partial charge in [0.15, 0.2) is 0 Å². The maximum absolute atomic E-state index is 12.1. The second-order valence-corrected chi connectivity index (χ2v) is 4.42. The lowest BCUT2D eigenvalue weighted by Gasteiger charge is -2.19. The monoisotopic (exact) mass is 274 g/mol. The number of para-hydroxylation sites is 1. The highest BCUT2D eigenvalue weighted by atomic mass is 16.5. The molecule has 106 valence electrons. The Labute approximate surface area is 117 Å². The average Bonchev–Trinajstić information content (AvgIpc) is 2.91. The van der Waals surface area contributed by atoms with E-state index in [4.69, 9.17) is 4.74 Å². The summed E-state index contributed by atoms with van der Waals surface area (Å²) in [5.74, 6) is 1.22. The van der Waals surface area contributed by atoms with Crippen LogP contribution in [0.4, 0.5) is 0 Å². The third kappa shape index (κ3) is 2.96. The highest BCUT2D eigenvalue weighted by molar-refractivity contribution is 5.90. The molecule has 1 amide bonds. The first kappa shape index (κ1) is 14.0. The molecule has 1 atom stereocenters. The van der Waals surface area contributed by atoms with Gasteiger partial charge in [0.2, 0.25) is 5.82 Å². The van der Waals surface area contributed by atoms with E-state index in [9.17, 15) is 4.79 Å². The minimum absolute atomic E-state index is 0.141. The largest absolute Gasteiger partial charge is 0.496 e. The first-order chi connectivity index (χ1) is 9.65. The van der Waals surface area contributed by atoms with Gasteiger partial charge in [-0.05, 0) is 19.4 Å². The van der Waals surface area contributed by atoms with E-state index in [2.05, 4.69) is 20.5 Å². The molecule has 1 aromatic heterocycles. The van der Waals surface area contributed by atoms with E-state index in [0.29, 0.717) is 5.82 Å². The molecular formula is C14H18N4O2. The summed E-state index contributed by atoms with van der Waals surface area (Å²) in [6, 6.07) is 7.49. The minimum Gasteiger partial charge on any atom is -0.496 e. The summed E-state index contributed by atoms with van der Waals surface area (Å²) in [4.78, 5) is 16.1. The van der Waals surface area contributed by atoms with E-state index < -0.39 is 0 Å². The Bertz CT molecular complexity index is 594. The van der Waals surface area contributed by atoms with Gasteiger partial charge in [0.1, 0.15) is 11.6 Å². The first-order valence-corrected chi connectivity index (χ1v) is 6.48. The van der Waals surface area contributed by atoms with E-state index in [-0.39, 0.29) is 17.8 Å². The number of nitrogens with zero attached hydrogens (tertiary/aromatic N) is 2. The fourth-order valence-electron chi connectivity index (χ4n) is 2.02. The molecule has 2 aromatic rings. The molecule has 0 aliphatic carbocycles. The molecule has 0 saturated heterocycles. The van der Waals surface area contributed by atoms with Crippen molar-refractivity contribution >= 4 is 5.91 Å². The smallest absolute Gasteiger partial charge is 0.291 e. The van der Waals surface area contributed by atoms with Crippen molar-refractivity contribution in [3.63, 3.8) is 0 Å². The second-order valence-electron chi connectivity index (χ2n) is 4.42. The Morgan fingerprint density at radius 3 is 2.80 bits per heavy atom. The van der Waals surface area contributed by atoms with Crippen molar-refractivity contribution in [2.45, 2.75) is 26.3 Å². The quantitative estimate of drug-likeness (QED) is 0.874. The number of aromatic amines is 1. The first-order valence-electron chi connectivity index (χ1n) is 6.48. The van der Waals surface area contributed by atoms with Crippen LogP contribution in [-0.2, 0) is 0 Å². The Morgan fingerprint density at radius 2 is 2.20 bits per heavy atom. The van der Waals surface area contributed by atoms with Crippen molar-refractivity contribution < 1.29 is 9.53 Å². The molecule has 0 bridgehead atoms. The Kier molecular flexibility index (Phi) is 4.34. The van der Waals surface area contributed by atoms with Crippen molar-refractivity contribution in [2.24, 2.45) is 0 Å². The number of benzene rings is 1. The van der Waals surface area contributed by atoms with Crippen LogP contribution in [0.25, 0.3) is 0 Å². The molecule has 2 N–H and O–H groups in total. The van der Waals surface area contributed by atoms with Crippen molar-refractivity contribution in [3.8, 4) is 5.75 Å². The van der Waals surface area contributed by atoms with Gasteiger partial charge >= 0.3 is 0 Å². The van der Waals surface area contributed by atoms with E-state index in [1.54, 1.807) is 14.0 Å². The average molecular weight is 274 g/mol. The van der Waals surface area contributed by atoms with Gasteiger partial charge < -0.3 is 10.1 Å². The molecule has 1 heterocycles. The minimum atomic E-state index is -0.299. The summed E-state index contributed by atoms with van der Waals surface area (Å²) in [5.41, 5.74) is 0.943. The summed E-state index contributed by atoms with van der Waals surface area (Å²) in [6.07, 6.45) is 0.746. The number of H-pyrrole nitrogens is 1. The van der Waals surface area contributed by atoms with Gasteiger partial charge in [-0.15, -0.1) is 5.10 Å². The molecular weight excluding hydrogens is 256 g/mol. The third-order valence-corrected chi connectivity index (χ3v) is 3.03. The highest BCUT2D eigenvalue weighted by Gasteiger charge is 2.19. The molecule has 0 radical (unpaired) electrons. The number of carbonyl (C=O) groups excluding carboxylic acids is 1. The van der Waals surface area contributed by atoms with Gasteiger partial charge in [0.25, 0.3) is 5.91 Å². The van der Waals surface area contributed by atoms with E-state index in [0.717, 1.165) is 17.7 Å². The van der Waals surface area contributed by atoms with Gasteiger partial charge in [-0.2, -0.15) is 0 Å². The predicted octanol–water partition coefficient (Wildman–Crippen LogP) is 2.00. The van der Waals surface area contributed by atoms with Gasteiger partial charge in [-0.1, -0.05) is 25.1 Å². The van der Waals surface area contributed by atoms with Gasteiger partial charge in [0.05, 0.1) is 13.2 Å². The van der Waals surface area contributed by atoms with Crippen LogP contribution in [0.5, 0.6) is 5.75 Å². The highest BCUT2D eigenvalue weighted by Crippen LogP contribution is 2.26. The number of amides is 1. The van der Waals surface area contributed by atoms with Gasteiger partial charge in [0, 0.05) is 5.56 Å². The lowest BCUT2D eigenvalue weighted by atomic mass is 10.0. The van der Waals surface area contributed by atoms with Crippen molar-refractivity contribution in [2.75, 3.05) is 7.11 Å². The maximum Gasteiger partial charge on any atom is 0.291 e. The molecule has 0 fully saturated rings. The molecule has 0 aliphatic heterocycles. The van der Waals surface area contributed by atoms with Crippen LogP contribution in [0.1, 0.15) is 41.4 Å². The topological polar surface area (TPSA) is 79.9 Å². The van der Waals surface area contributed by atoms with Crippen molar-refractivity contribution in [1.29, 1.82) is 0 Å². The summed E-state index contributed by atoms with van der Waals surface area (Å²) >= 11 is 0. The zero-order valence-corrected chi connectivity index (χ0v) is 11.8. The number of aryl methyl sites for hydroxylation is 1. The summed E-state index contributed by atoms with van der Waals surface area (Å²) in [5, 5.41) is 9.44. The van der Waals surface area contributed by atoms with Crippen LogP contribution in [0.15, 0.2) is 24.3 Å². The Hall–Kier alpha value is -2.37. The molecule has 20 heavy (non-hydrogen) atoms. The Morgan fingerprint density at radius 1 is 1.45 bits per heavy atom. The summed E-state index contributed by atoms with van der Waals surface area (Å²) in [6.45, 7) is 3.75. The number of hydrogen-bond donors (Lipinski definition) is 2. The number of hydrogen-bond acceptors (Lipinski definition) is 4. The third-order valence-electron chi connectivity index (χ3n) is 3.03. The number of methoxy groups -OCH3 is 1. The fourth-order valence-corrected chi connectivity index (χ4v) is 2.02. The zero-order valence-electron chi connectivity index (χ0n) is 11.8.